The quantitative estimate of drug-likeness (QED) is 0.659. The number of hydrogen-bond acceptors (Lipinski definition) is 6. The van der Waals surface area contributed by atoms with E-state index in [1.807, 2.05) is 6.92 Å². The van der Waals surface area contributed by atoms with Crippen LogP contribution >= 0.6 is 0 Å². The van der Waals surface area contributed by atoms with Crippen molar-refractivity contribution in [1.82, 2.24) is 4.90 Å². The number of nitrogens with one attached hydrogen (secondary N) is 1. The molecule has 29 heavy (non-hydrogen) atoms. The maximum Gasteiger partial charge on any atom is 0.338 e. The third-order valence-corrected chi connectivity index (χ3v) is 5.27. The summed E-state index contributed by atoms with van der Waals surface area (Å²) in [7, 11) is -0.737. The molecule has 1 atom stereocenters. The van der Waals surface area contributed by atoms with Crippen LogP contribution in [0.25, 0.3) is 0 Å². The molecular weight excluding hydrogens is 396 g/mol. The van der Waals surface area contributed by atoms with Crippen LogP contribution in [0.1, 0.15) is 24.2 Å². The van der Waals surface area contributed by atoms with Gasteiger partial charge in [-0.1, -0.05) is 6.07 Å². The van der Waals surface area contributed by atoms with Crippen molar-refractivity contribution in [3.8, 4) is 5.75 Å². The number of anilines is 1. The standard InChI is InChI=1S/C20H24N2O6S/c1-5-27-17-9-11-18(12-10-17)29(25,26)21-16-8-6-7-15(13-16)20(24)28-14(2)19(23)22(3)4/h6-14,21H,5H2,1-4H3/t14-/m1/s1. The molecule has 0 aromatic heterocycles. The Bertz CT molecular complexity index is 971. The summed E-state index contributed by atoms with van der Waals surface area (Å²) in [6.07, 6.45) is -0.957. The number of likely N-dealkylation sites (N-methyl/N-ethyl adjacent to an activating group) is 1. The van der Waals surface area contributed by atoms with E-state index in [1.54, 1.807) is 26.2 Å². The Labute approximate surface area is 170 Å². The van der Waals surface area contributed by atoms with E-state index in [-0.39, 0.29) is 22.1 Å². The van der Waals surface area contributed by atoms with E-state index in [2.05, 4.69) is 4.72 Å². The fourth-order valence-electron chi connectivity index (χ4n) is 2.45. The Hall–Kier alpha value is -3.07. The molecule has 0 spiro atoms. The van der Waals surface area contributed by atoms with Crippen LogP contribution in [0, 0.1) is 0 Å². The lowest BCUT2D eigenvalue weighted by Crippen LogP contribution is -2.34. The van der Waals surface area contributed by atoms with E-state index in [9.17, 15) is 18.0 Å². The predicted octanol–water partition coefficient (Wildman–Crippen LogP) is 2.52. The van der Waals surface area contributed by atoms with Crippen LogP contribution in [0.5, 0.6) is 5.75 Å². The molecule has 156 valence electrons. The summed E-state index contributed by atoms with van der Waals surface area (Å²) in [4.78, 5) is 25.5. The van der Waals surface area contributed by atoms with Crippen molar-refractivity contribution in [3.05, 3.63) is 54.1 Å². The van der Waals surface area contributed by atoms with Gasteiger partial charge in [0.05, 0.1) is 17.1 Å². The Morgan fingerprint density at radius 3 is 2.34 bits per heavy atom. The molecule has 0 aliphatic heterocycles. The van der Waals surface area contributed by atoms with E-state index < -0.39 is 22.1 Å². The van der Waals surface area contributed by atoms with Crippen molar-refractivity contribution in [1.29, 1.82) is 0 Å². The number of ether oxygens (including phenoxy) is 2. The van der Waals surface area contributed by atoms with Gasteiger partial charge in [-0.2, -0.15) is 0 Å². The van der Waals surface area contributed by atoms with Gasteiger partial charge in [-0.15, -0.1) is 0 Å². The predicted molar refractivity (Wildman–Crippen MR) is 108 cm³/mol. The highest BCUT2D eigenvalue weighted by Crippen LogP contribution is 2.20. The second-order valence-corrected chi connectivity index (χ2v) is 8.05. The Kier molecular flexibility index (Phi) is 7.22. The molecule has 1 N–H and O–H groups in total. The Balaban J connectivity index is 2.14. The van der Waals surface area contributed by atoms with E-state index in [0.717, 1.165) is 0 Å². The van der Waals surface area contributed by atoms with E-state index in [0.29, 0.717) is 12.4 Å². The molecule has 9 heteroatoms. The van der Waals surface area contributed by atoms with Gasteiger partial charge in [-0.05, 0) is 56.3 Å². The van der Waals surface area contributed by atoms with Crippen LogP contribution in [0.3, 0.4) is 0 Å². The largest absolute Gasteiger partial charge is 0.494 e. The molecule has 0 fully saturated rings. The van der Waals surface area contributed by atoms with Crippen molar-refractivity contribution >= 4 is 27.6 Å². The number of benzene rings is 2. The summed E-state index contributed by atoms with van der Waals surface area (Å²) in [5.41, 5.74) is 0.315. The normalized spacial score (nSPS) is 12.0. The van der Waals surface area contributed by atoms with Gasteiger partial charge in [-0.3, -0.25) is 9.52 Å². The molecule has 0 aliphatic carbocycles. The van der Waals surface area contributed by atoms with Crippen LogP contribution in [-0.2, 0) is 19.6 Å². The average Bonchev–Trinajstić information content (AvgIpc) is 2.67. The lowest BCUT2D eigenvalue weighted by molar-refractivity contribution is -0.137. The van der Waals surface area contributed by atoms with Crippen LogP contribution in [0.4, 0.5) is 5.69 Å². The summed E-state index contributed by atoms with van der Waals surface area (Å²) >= 11 is 0. The minimum absolute atomic E-state index is 0.0548. The van der Waals surface area contributed by atoms with E-state index in [1.165, 1.54) is 48.2 Å². The van der Waals surface area contributed by atoms with Gasteiger partial charge in [0.15, 0.2) is 6.10 Å². The molecule has 0 radical (unpaired) electrons. The van der Waals surface area contributed by atoms with Gasteiger partial charge in [-0.25, -0.2) is 13.2 Å². The lowest BCUT2D eigenvalue weighted by Gasteiger charge is -2.17. The first-order valence-corrected chi connectivity index (χ1v) is 10.4. The second kappa shape index (κ2) is 9.42. The van der Waals surface area contributed by atoms with Gasteiger partial charge < -0.3 is 14.4 Å². The molecule has 0 unspecified atom stereocenters. The van der Waals surface area contributed by atoms with Crippen LogP contribution in [-0.4, -0.2) is 52.0 Å². The maximum absolute atomic E-state index is 12.6. The number of sulfonamides is 1. The van der Waals surface area contributed by atoms with Crippen molar-refractivity contribution in [2.45, 2.75) is 24.8 Å². The Morgan fingerprint density at radius 2 is 1.76 bits per heavy atom. The lowest BCUT2D eigenvalue weighted by atomic mass is 10.2. The smallest absolute Gasteiger partial charge is 0.338 e. The number of amides is 1. The number of carbonyl (C=O) groups is 2. The molecule has 0 aliphatic rings. The zero-order valence-corrected chi connectivity index (χ0v) is 17.5. The first-order chi connectivity index (χ1) is 13.6. The fourth-order valence-corrected chi connectivity index (χ4v) is 3.50. The minimum atomic E-state index is -3.85. The zero-order valence-electron chi connectivity index (χ0n) is 16.7. The second-order valence-electron chi connectivity index (χ2n) is 6.37. The third kappa shape index (κ3) is 5.95. The summed E-state index contributed by atoms with van der Waals surface area (Å²) in [6.45, 7) is 3.78. The summed E-state index contributed by atoms with van der Waals surface area (Å²) in [6, 6.07) is 11.8. The van der Waals surface area contributed by atoms with E-state index in [4.69, 9.17) is 9.47 Å². The maximum atomic E-state index is 12.6. The Morgan fingerprint density at radius 1 is 1.10 bits per heavy atom. The van der Waals surface area contributed by atoms with E-state index >= 15 is 0 Å². The molecule has 0 bridgehead atoms. The summed E-state index contributed by atoms with van der Waals surface area (Å²) < 4.78 is 38.0. The number of hydrogen-bond donors (Lipinski definition) is 1. The SMILES string of the molecule is CCOc1ccc(S(=O)(=O)Nc2cccc(C(=O)O[C@H](C)C(=O)N(C)C)c2)cc1. The highest BCUT2D eigenvalue weighted by Gasteiger charge is 2.21. The van der Waals surface area contributed by atoms with Crippen molar-refractivity contribution in [3.63, 3.8) is 0 Å². The average molecular weight is 420 g/mol. The van der Waals surface area contributed by atoms with Gasteiger partial charge in [0.25, 0.3) is 15.9 Å². The highest BCUT2D eigenvalue weighted by atomic mass is 32.2. The molecule has 1 amide bonds. The molecule has 2 aromatic rings. The zero-order chi connectivity index (χ0) is 21.6. The molecule has 0 saturated carbocycles. The van der Waals surface area contributed by atoms with Crippen LogP contribution in [0.2, 0.25) is 0 Å². The molecule has 0 saturated heterocycles. The molecule has 0 heterocycles. The van der Waals surface area contributed by atoms with Gasteiger partial charge in [0, 0.05) is 19.8 Å². The summed E-state index contributed by atoms with van der Waals surface area (Å²) in [5.74, 6) is -0.516. The monoisotopic (exact) mass is 420 g/mol. The molecular formula is C20H24N2O6S. The first kappa shape index (κ1) is 22.2. The van der Waals surface area contributed by atoms with Crippen LogP contribution in [0.15, 0.2) is 53.4 Å². The molecule has 8 nitrogen and oxygen atoms in total. The number of esters is 1. The topological polar surface area (TPSA) is 102 Å². The number of carbonyl (C=O) groups excluding carboxylic acids is 2. The number of nitrogens with zero attached hydrogens (tertiary/aromatic N) is 1. The van der Waals surface area contributed by atoms with Gasteiger partial charge >= 0.3 is 5.97 Å². The summed E-state index contributed by atoms with van der Waals surface area (Å²) in [5, 5.41) is 0. The van der Waals surface area contributed by atoms with Crippen molar-refractivity contribution in [2.75, 3.05) is 25.4 Å². The van der Waals surface area contributed by atoms with Crippen molar-refractivity contribution < 1.29 is 27.5 Å². The number of rotatable bonds is 8. The fraction of sp³-hybridized carbons (Fsp3) is 0.300. The highest BCUT2D eigenvalue weighted by molar-refractivity contribution is 7.92. The van der Waals surface area contributed by atoms with Gasteiger partial charge in [0.2, 0.25) is 0 Å². The van der Waals surface area contributed by atoms with Crippen LogP contribution < -0.4 is 9.46 Å². The van der Waals surface area contributed by atoms with Crippen molar-refractivity contribution in [2.24, 2.45) is 0 Å². The minimum Gasteiger partial charge on any atom is -0.494 e. The first-order valence-electron chi connectivity index (χ1n) is 8.92. The molecule has 2 aromatic carbocycles. The molecule has 2 rings (SSSR count). The van der Waals surface area contributed by atoms with Gasteiger partial charge in [0.1, 0.15) is 5.75 Å². The third-order valence-electron chi connectivity index (χ3n) is 3.87.